The summed E-state index contributed by atoms with van der Waals surface area (Å²) in [6.07, 6.45) is 6.16. The number of ether oxygens (including phenoxy) is 2. The fourth-order valence-corrected chi connectivity index (χ4v) is 9.53. The molecule has 66 heavy (non-hydrogen) atoms. The summed E-state index contributed by atoms with van der Waals surface area (Å²) in [6, 6.07) is 11.2. The number of nitrogens with one attached hydrogen (secondary N) is 6. The van der Waals surface area contributed by atoms with E-state index in [9.17, 15) is 28.8 Å². The molecular formula is C50H70N8O8. The first kappa shape index (κ1) is 50.1. The molecule has 0 aromatic heterocycles. The maximum atomic E-state index is 14.3. The summed E-state index contributed by atoms with van der Waals surface area (Å²) < 4.78 is 12.1. The number of carbonyl (C=O) groups is 6. The van der Waals surface area contributed by atoms with Crippen molar-refractivity contribution in [3.05, 3.63) is 70.8 Å². The summed E-state index contributed by atoms with van der Waals surface area (Å²) in [5, 5.41) is 17.9. The third-order valence-corrected chi connectivity index (χ3v) is 13.7. The van der Waals surface area contributed by atoms with Gasteiger partial charge in [-0.15, -0.1) is 0 Å². The van der Waals surface area contributed by atoms with E-state index in [2.05, 4.69) is 68.0 Å². The van der Waals surface area contributed by atoms with Crippen molar-refractivity contribution in [2.24, 2.45) is 0 Å². The molecule has 6 amide bonds. The summed E-state index contributed by atoms with van der Waals surface area (Å²) in [4.78, 5) is 85.6. The number of likely N-dealkylation sites (tertiary alicyclic amines) is 2. The Bertz CT molecular complexity index is 1960. The molecule has 16 nitrogen and oxygen atoms in total. The Morgan fingerprint density at radius 1 is 0.591 bits per heavy atom. The number of amides is 6. The summed E-state index contributed by atoms with van der Waals surface area (Å²) in [7, 11) is 3.30. The molecule has 16 heteroatoms. The third-order valence-electron chi connectivity index (χ3n) is 13.7. The lowest BCUT2D eigenvalue weighted by atomic mass is 9.87. The van der Waals surface area contributed by atoms with Crippen LogP contribution in [0.1, 0.15) is 113 Å². The molecule has 10 atom stereocenters. The van der Waals surface area contributed by atoms with Gasteiger partial charge in [0.15, 0.2) is 0 Å². The molecule has 2 saturated heterocycles. The maximum absolute atomic E-state index is 14.3. The zero-order valence-corrected chi connectivity index (χ0v) is 39.5. The van der Waals surface area contributed by atoms with Gasteiger partial charge in [0.1, 0.15) is 37.4 Å². The van der Waals surface area contributed by atoms with Crippen LogP contribution in [0.4, 0.5) is 0 Å². The Morgan fingerprint density at radius 2 is 0.985 bits per heavy atom. The molecule has 358 valence electrons. The van der Waals surface area contributed by atoms with Gasteiger partial charge in [-0.05, 0) is 128 Å². The maximum Gasteiger partial charge on any atom is 0.248 e. The lowest BCUT2D eigenvalue weighted by molar-refractivity contribution is -0.145. The van der Waals surface area contributed by atoms with E-state index in [1.165, 1.54) is 11.1 Å². The SMILES string of the molecule is CN[C@@H](C)C(=O)N[C@H](C(=O)N1CCC[C@H]1C(=O)N[C@@H]1CCCc2ccccc21)[C@@H](C)OCC#CCO[C@H](C)[C@H](NC(=O)[C@H](C)NC)C(=O)N1CCC[C@H]1C(=O)N[C@@H]1CCCc2ccccc21. The van der Waals surface area contributed by atoms with E-state index in [1.54, 1.807) is 51.6 Å². The lowest BCUT2D eigenvalue weighted by Gasteiger charge is -2.33. The fourth-order valence-electron chi connectivity index (χ4n) is 9.53. The summed E-state index contributed by atoms with van der Waals surface area (Å²) >= 11 is 0. The zero-order valence-electron chi connectivity index (χ0n) is 39.5. The number of likely N-dealkylation sites (N-methyl/N-ethyl adjacent to an activating group) is 2. The average Bonchev–Trinajstić information content (AvgIpc) is 4.04. The first-order chi connectivity index (χ1) is 31.8. The number of fused-ring (bicyclic) bond motifs is 2. The topological polar surface area (TPSA) is 200 Å². The summed E-state index contributed by atoms with van der Waals surface area (Å²) in [6.45, 7) is 7.25. The second kappa shape index (κ2) is 23.9. The number of hydrogen-bond donors (Lipinski definition) is 6. The fraction of sp³-hybridized carbons (Fsp3) is 0.600. The van der Waals surface area contributed by atoms with Crippen molar-refractivity contribution in [3.63, 3.8) is 0 Å². The Balaban J connectivity index is 1.06. The molecule has 2 fully saturated rings. The van der Waals surface area contributed by atoms with Crippen molar-refractivity contribution in [1.82, 2.24) is 41.7 Å². The number of carbonyl (C=O) groups excluding carboxylic acids is 6. The van der Waals surface area contributed by atoms with E-state index in [1.807, 2.05) is 24.3 Å². The van der Waals surface area contributed by atoms with Gasteiger partial charge in [0.2, 0.25) is 35.4 Å². The van der Waals surface area contributed by atoms with Crippen molar-refractivity contribution in [1.29, 1.82) is 0 Å². The highest BCUT2D eigenvalue weighted by molar-refractivity contribution is 5.95. The highest BCUT2D eigenvalue weighted by Crippen LogP contribution is 2.32. The van der Waals surface area contributed by atoms with E-state index < -0.39 is 72.1 Å². The second-order valence-corrected chi connectivity index (χ2v) is 18.1. The van der Waals surface area contributed by atoms with Crippen molar-refractivity contribution in [2.45, 2.75) is 152 Å². The van der Waals surface area contributed by atoms with Crippen LogP contribution in [-0.2, 0) is 51.1 Å². The van der Waals surface area contributed by atoms with Gasteiger partial charge in [0.25, 0.3) is 0 Å². The van der Waals surface area contributed by atoms with E-state index in [0.29, 0.717) is 38.8 Å². The van der Waals surface area contributed by atoms with Crippen LogP contribution in [0.2, 0.25) is 0 Å². The van der Waals surface area contributed by atoms with Gasteiger partial charge >= 0.3 is 0 Å². The monoisotopic (exact) mass is 911 g/mol. The third kappa shape index (κ3) is 12.4. The number of rotatable bonds is 18. The largest absolute Gasteiger partial charge is 0.363 e. The average molecular weight is 911 g/mol. The van der Waals surface area contributed by atoms with E-state index >= 15 is 0 Å². The normalized spacial score (nSPS) is 22.8. The van der Waals surface area contributed by atoms with Gasteiger partial charge < -0.3 is 51.2 Å². The molecule has 0 spiro atoms. The van der Waals surface area contributed by atoms with Gasteiger partial charge in [-0.25, -0.2) is 0 Å². The van der Waals surface area contributed by atoms with Gasteiger partial charge in [0, 0.05) is 13.1 Å². The first-order valence-electron chi connectivity index (χ1n) is 23.8. The minimum Gasteiger partial charge on any atom is -0.363 e. The van der Waals surface area contributed by atoms with Crippen LogP contribution in [0.25, 0.3) is 0 Å². The molecular weight excluding hydrogens is 841 g/mol. The predicted octanol–water partition coefficient (Wildman–Crippen LogP) is 2.36. The molecule has 0 unspecified atom stereocenters. The van der Waals surface area contributed by atoms with Crippen LogP contribution in [0.5, 0.6) is 0 Å². The number of hydrogen-bond acceptors (Lipinski definition) is 10. The van der Waals surface area contributed by atoms with Crippen LogP contribution < -0.4 is 31.9 Å². The number of nitrogens with zero attached hydrogens (tertiary/aromatic N) is 2. The smallest absolute Gasteiger partial charge is 0.248 e. The minimum atomic E-state index is -1.10. The van der Waals surface area contributed by atoms with Crippen LogP contribution in [0.3, 0.4) is 0 Å². The second-order valence-electron chi connectivity index (χ2n) is 18.1. The van der Waals surface area contributed by atoms with Crippen LogP contribution in [0.15, 0.2) is 48.5 Å². The van der Waals surface area contributed by atoms with Crippen LogP contribution in [0, 0.1) is 11.8 Å². The van der Waals surface area contributed by atoms with Crippen molar-refractivity contribution in [2.75, 3.05) is 40.4 Å². The Morgan fingerprint density at radius 3 is 1.38 bits per heavy atom. The number of aryl methyl sites for hydroxylation is 2. The molecule has 4 aliphatic rings. The van der Waals surface area contributed by atoms with Gasteiger partial charge in [0.05, 0.1) is 36.4 Å². The zero-order chi connectivity index (χ0) is 47.3. The molecule has 2 aromatic carbocycles. The quantitative estimate of drug-likeness (QED) is 0.121. The lowest BCUT2D eigenvalue weighted by Crippen LogP contribution is -2.59. The Kier molecular flexibility index (Phi) is 18.1. The molecule has 2 aliphatic heterocycles. The molecule has 2 aliphatic carbocycles. The number of benzene rings is 2. The standard InChI is InChI=1S/C50H70N8O8/c1-31(51-5)45(59)55-43(49(63)57-27-15-25-41(57)47(61)53-39-23-13-19-35-17-7-9-21-37(35)39)33(3)65-29-11-12-30-66-34(4)44(56-46(60)32(2)52-6)50(64)58-28-16-26-42(58)48(62)54-40-24-14-20-36-18-8-10-22-38(36)40/h7-10,17-18,21-22,31-34,39-44,51-52H,13-16,19-20,23-30H2,1-6H3,(H,53,61)(H,54,62)(H,55,59)(H,56,60)/t31-,32-,33+,34+,39+,40+,41-,42-,43-,44-/m0/s1. The molecule has 0 bridgehead atoms. The predicted molar refractivity (Wildman–Crippen MR) is 250 cm³/mol. The van der Waals surface area contributed by atoms with E-state index in [-0.39, 0.29) is 37.1 Å². The first-order valence-corrected chi connectivity index (χ1v) is 23.8. The highest BCUT2D eigenvalue weighted by Gasteiger charge is 2.43. The summed E-state index contributed by atoms with van der Waals surface area (Å²) in [5.74, 6) is 3.78. The summed E-state index contributed by atoms with van der Waals surface area (Å²) in [5.41, 5.74) is 4.67. The minimum absolute atomic E-state index is 0.111. The molecule has 0 saturated carbocycles. The van der Waals surface area contributed by atoms with Crippen molar-refractivity contribution in [3.8, 4) is 11.8 Å². The van der Waals surface area contributed by atoms with Gasteiger partial charge in [-0.3, -0.25) is 28.8 Å². The van der Waals surface area contributed by atoms with Crippen molar-refractivity contribution < 1.29 is 38.2 Å². The molecule has 6 N–H and O–H groups in total. The van der Waals surface area contributed by atoms with Gasteiger partial charge in [-0.2, -0.15) is 0 Å². The van der Waals surface area contributed by atoms with Crippen LogP contribution >= 0.6 is 0 Å². The van der Waals surface area contributed by atoms with Gasteiger partial charge in [-0.1, -0.05) is 60.4 Å². The highest BCUT2D eigenvalue weighted by atomic mass is 16.5. The molecule has 6 rings (SSSR count). The molecule has 0 radical (unpaired) electrons. The van der Waals surface area contributed by atoms with E-state index in [4.69, 9.17) is 9.47 Å². The van der Waals surface area contributed by atoms with Crippen LogP contribution in [-0.4, -0.2) is 134 Å². The molecule has 2 aromatic rings. The Hall–Kier alpha value is -5.34. The molecule has 2 heterocycles. The van der Waals surface area contributed by atoms with Crippen molar-refractivity contribution >= 4 is 35.4 Å². The van der Waals surface area contributed by atoms with E-state index in [0.717, 1.165) is 49.7 Å². The Labute approximate surface area is 389 Å².